The number of aryl methyl sites for hydroxylation is 4. The highest BCUT2D eigenvalue weighted by molar-refractivity contribution is 5.98. The molecular weight excluding hydrogens is 256 g/mol. The van der Waals surface area contributed by atoms with E-state index in [1.165, 1.54) is 4.68 Å². The fraction of sp³-hybridized carbons (Fsp3) is 0.429. The molecule has 0 aliphatic heterocycles. The van der Waals surface area contributed by atoms with E-state index in [-0.39, 0.29) is 11.9 Å². The zero-order valence-corrected chi connectivity index (χ0v) is 12.4. The number of furan rings is 1. The Morgan fingerprint density at radius 1 is 1.45 bits per heavy atom. The Balaban J connectivity index is 2.21. The summed E-state index contributed by atoms with van der Waals surface area (Å²) in [6.07, 6.45) is 0. The molecule has 0 radical (unpaired) electrons. The van der Waals surface area contributed by atoms with Crippen LogP contribution in [0.25, 0.3) is 0 Å². The number of nitrogens with one attached hydrogen (secondary N) is 1. The summed E-state index contributed by atoms with van der Waals surface area (Å²) in [7, 11) is 1.70. The van der Waals surface area contributed by atoms with Gasteiger partial charge in [0.05, 0.1) is 17.4 Å². The summed E-state index contributed by atoms with van der Waals surface area (Å²) >= 11 is 0. The van der Waals surface area contributed by atoms with Crippen molar-refractivity contribution in [2.75, 3.05) is 5.73 Å². The normalized spacial score (nSPS) is 12.4. The van der Waals surface area contributed by atoms with Gasteiger partial charge in [0.15, 0.2) is 0 Å². The maximum Gasteiger partial charge on any atom is 0.272 e. The smallest absolute Gasteiger partial charge is 0.272 e. The van der Waals surface area contributed by atoms with E-state index in [1.807, 2.05) is 26.8 Å². The number of carbonyl (C=O) groups is 1. The quantitative estimate of drug-likeness (QED) is 0.898. The first-order chi connectivity index (χ1) is 9.31. The van der Waals surface area contributed by atoms with Crippen molar-refractivity contribution in [1.29, 1.82) is 0 Å². The molecule has 0 aliphatic rings. The van der Waals surface area contributed by atoms with Crippen LogP contribution in [0, 0.1) is 20.8 Å². The number of hydrogen-bond acceptors (Lipinski definition) is 4. The van der Waals surface area contributed by atoms with Gasteiger partial charge in [-0.25, -0.2) is 0 Å². The summed E-state index contributed by atoms with van der Waals surface area (Å²) in [4.78, 5) is 12.3. The lowest BCUT2D eigenvalue weighted by Gasteiger charge is -2.13. The van der Waals surface area contributed by atoms with Gasteiger partial charge >= 0.3 is 0 Å². The Bertz CT molecular complexity index is 654. The zero-order valence-electron chi connectivity index (χ0n) is 12.4. The fourth-order valence-electron chi connectivity index (χ4n) is 2.37. The van der Waals surface area contributed by atoms with Crippen LogP contribution in [-0.4, -0.2) is 15.7 Å². The molecule has 108 valence electrons. The largest absolute Gasteiger partial charge is 0.466 e. The minimum Gasteiger partial charge on any atom is -0.466 e. The highest BCUT2D eigenvalue weighted by atomic mass is 16.3. The van der Waals surface area contributed by atoms with E-state index in [2.05, 4.69) is 10.4 Å². The minimum atomic E-state index is -0.239. The van der Waals surface area contributed by atoms with E-state index in [0.717, 1.165) is 17.1 Å². The highest BCUT2D eigenvalue weighted by Crippen LogP contribution is 2.22. The monoisotopic (exact) mass is 276 g/mol. The third-order valence-electron chi connectivity index (χ3n) is 3.38. The summed E-state index contributed by atoms with van der Waals surface area (Å²) in [5.74, 6) is 1.40. The number of aromatic nitrogens is 2. The van der Waals surface area contributed by atoms with Crippen molar-refractivity contribution >= 4 is 11.6 Å². The lowest BCUT2D eigenvalue weighted by atomic mass is 10.1. The van der Waals surface area contributed by atoms with Crippen LogP contribution in [0.5, 0.6) is 0 Å². The predicted octanol–water partition coefficient (Wildman–Crippen LogP) is 2.01. The molecule has 3 N–H and O–H groups in total. The van der Waals surface area contributed by atoms with Crippen molar-refractivity contribution in [1.82, 2.24) is 15.1 Å². The van der Waals surface area contributed by atoms with Gasteiger partial charge in [-0.1, -0.05) is 0 Å². The van der Waals surface area contributed by atoms with Gasteiger partial charge in [-0.15, -0.1) is 0 Å². The molecule has 1 unspecified atom stereocenters. The summed E-state index contributed by atoms with van der Waals surface area (Å²) in [6.45, 7) is 7.45. The Morgan fingerprint density at radius 2 is 2.10 bits per heavy atom. The van der Waals surface area contributed by atoms with E-state index < -0.39 is 0 Å². The van der Waals surface area contributed by atoms with Crippen LogP contribution in [0.15, 0.2) is 10.5 Å². The average molecular weight is 276 g/mol. The molecule has 2 rings (SSSR count). The van der Waals surface area contributed by atoms with Gasteiger partial charge in [0.25, 0.3) is 5.91 Å². The van der Waals surface area contributed by atoms with Gasteiger partial charge in [-0.2, -0.15) is 5.10 Å². The SMILES string of the molecule is Cc1cc(C(C)NC(=O)c2c(N)c(C)nn2C)c(C)o1. The van der Waals surface area contributed by atoms with Crippen molar-refractivity contribution in [3.63, 3.8) is 0 Å². The Morgan fingerprint density at radius 3 is 2.55 bits per heavy atom. The summed E-state index contributed by atoms with van der Waals surface area (Å²) in [5, 5.41) is 7.07. The molecule has 0 aromatic carbocycles. The standard InChI is InChI=1S/C14H20N4O2/c1-7-6-11(10(4)20-7)8(2)16-14(19)13-12(15)9(3)17-18(13)5/h6,8H,15H2,1-5H3,(H,16,19). The third-order valence-corrected chi connectivity index (χ3v) is 3.38. The van der Waals surface area contributed by atoms with Gasteiger partial charge in [0.1, 0.15) is 17.2 Å². The maximum absolute atomic E-state index is 12.3. The molecular formula is C14H20N4O2. The molecule has 0 fully saturated rings. The molecule has 2 aromatic heterocycles. The molecule has 0 aliphatic carbocycles. The molecule has 2 aromatic rings. The lowest BCUT2D eigenvalue weighted by molar-refractivity contribution is 0.0931. The topological polar surface area (TPSA) is 86.1 Å². The number of nitrogens with zero attached hydrogens (tertiary/aromatic N) is 2. The molecule has 0 saturated carbocycles. The second kappa shape index (κ2) is 5.03. The van der Waals surface area contributed by atoms with Crippen molar-refractivity contribution in [3.05, 3.63) is 34.5 Å². The average Bonchev–Trinajstić information content (AvgIpc) is 2.79. The third kappa shape index (κ3) is 2.41. The zero-order chi connectivity index (χ0) is 15.0. The van der Waals surface area contributed by atoms with Crippen LogP contribution in [0.2, 0.25) is 0 Å². The summed E-state index contributed by atoms with van der Waals surface area (Å²) < 4.78 is 6.98. The predicted molar refractivity (Wildman–Crippen MR) is 76.4 cm³/mol. The molecule has 1 atom stereocenters. The Kier molecular flexibility index (Phi) is 3.57. The van der Waals surface area contributed by atoms with Crippen molar-refractivity contribution in [2.24, 2.45) is 7.05 Å². The Labute approximate surface area is 117 Å². The van der Waals surface area contributed by atoms with E-state index in [1.54, 1.807) is 14.0 Å². The first kappa shape index (κ1) is 14.2. The summed E-state index contributed by atoms with van der Waals surface area (Å²) in [6, 6.07) is 1.77. The first-order valence-electron chi connectivity index (χ1n) is 6.48. The van der Waals surface area contributed by atoms with E-state index in [9.17, 15) is 4.79 Å². The first-order valence-corrected chi connectivity index (χ1v) is 6.48. The number of nitrogen functional groups attached to an aromatic ring is 1. The maximum atomic E-state index is 12.3. The number of amides is 1. The molecule has 0 bridgehead atoms. The lowest BCUT2D eigenvalue weighted by Crippen LogP contribution is -2.29. The van der Waals surface area contributed by atoms with Crippen molar-refractivity contribution < 1.29 is 9.21 Å². The van der Waals surface area contributed by atoms with Gasteiger partial charge in [0.2, 0.25) is 0 Å². The number of carbonyl (C=O) groups excluding carboxylic acids is 1. The molecule has 20 heavy (non-hydrogen) atoms. The number of hydrogen-bond donors (Lipinski definition) is 2. The van der Waals surface area contributed by atoms with Crippen LogP contribution in [0.1, 0.15) is 46.2 Å². The molecule has 0 spiro atoms. The van der Waals surface area contributed by atoms with Gasteiger partial charge in [0, 0.05) is 12.6 Å². The number of rotatable bonds is 3. The second-order valence-corrected chi connectivity index (χ2v) is 5.04. The highest BCUT2D eigenvalue weighted by Gasteiger charge is 2.21. The van der Waals surface area contributed by atoms with Crippen LogP contribution < -0.4 is 11.1 Å². The molecule has 6 nitrogen and oxygen atoms in total. The molecule has 6 heteroatoms. The van der Waals surface area contributed by atoms with Crippen LogP contribution in [0.3, 0.4) is 0 Å². The van der Waals surface area contributed by atoms with E-state index >= 15 is 0 Å². The van der Waals surface area contributed by atoms with Gasteiger partial charge in [-0.3, -0.25) is 9.48 Å². The number of nitrogens with two attached hydrogens (primary N) is 1. The summed E-state index contributed by atoms with van der Waals surface area (Å²) in [5.41, 5.74) is 8.31. The van der Waals surface area contributed by atoms with E-state index in [4.69, 9.17) is 10.2 Å². The number of anilines is 1. The van der Waals surface area contributed by atoms with Crippen molar-refractivity contribution in [2.45, 2.75) is 33.7 Å². The molecule has 1 amide bonds. The van der Waals surface area contributed by atoms with Gasteiger partial charge in [-0.05, 0) is 33.8 Å². The second-order valence-electron chi connectivity index (χ2n) is 5.04. The van der Waals surface area contributed by atoms with Crippen molar-refractivity contribution in [3.8, 4) is 0 Å². The van der Waals surface area contributed by atoms with E-state index in [0.29, 0.717) is 17.1 Å². The van der Waals surface area contributed by atoms with Crippen LogP contribution in [-0.2, 0) is 7.05 Å². The minimum absolute atomic E-state index is 0.158. The Hall–Kier alpha value is -2.24. The van der Waals surface area contributed by atoms with Crippen LogP contribution in [0.4, 0.5) is 5.69 Å². The molecule has 2 heterocycles. The molecule has 0 saturated heterocycles. The van der Waals surface area contributed by atoms with Crippen LogP contribution >= 0.6 is 0 Å². The van der Waals surface area contributed by atoms with Gasteiger partial charge < -0.3 is 15.5 Å². The fourth-order valence-corrected chi connectivity index (χ4v) is 2.37.